The Hall–Kier alpha value is -2.10. The van der Waals surface area contributed by atoms with Crippen LogP contribution in [0.5, 0.6) is 0 Å². The molecule has 1 N–H and O–H groups in total. The maximum atomic E-state index is 10.7. The monoisotopic (exact) mass is 230 g/mol. The number of aliphatic carboxylic acids is 1. The van der Waals surface area contributed by atoms with Gasteiger partial charge in [-0.15, -0.1) is 0 Å². The second-order valence-electron chi connectivity index (χ2n) is 4.07. The van der Waals surface area contributed by atoms with Crippen LogP contribution in [0.15, 0.2) is 30.5 Å². The van der Waals surface area contributed by atoms with Crippen molar-refractivity contribution in [3.63, 3.8) is 0 Å². The molecule has 0 spiro atoms. The van der Waals surface area contributed by atoms with Gasteiger partial charge in [0, 0.05) is 24.5 Å². The molecule has 1 heterocycles. The van der Waals surface area contributed by atoms with Crippen molar-refractivity contribution in [1.29, 1.82) is 0 Å². The largest absolute Gasteiger partial charge is 0.481 e. The van der Waals surface area contributed by atoms with Gasteiger partial charge >= 0.3 is 5.97 Å². The molecule has 0 fully saturated rings. The molecule has 88 valence electrons. The van der Waals surface area contributed by atoms with Crippen LogP contribution in [0.2, 0.25) is 0 Å². The Kier molecular flexibility index (Phi) is 2.95. The lowest BCUT2D eigenvalue weighted by Crippen LogP contribution is -2.05. The Bertz CT molecular complexity index is 541. The molecule has 0 aliphatic carbocycles. The molecule has 0 saturated carbocycles. The summed E-state index contributed by atoms with van der Waals surface area (Å²) in [5.74, 6) is -0.0512. The number of imidazole rings is 1. The third-order valence-electron chi connectivity index (χ3n) is 2.73. The second kappa shape index (κ2) is 4.41. The number of carboxylic acid groups (broad SMARTS) is 1. The third kappa shape index (κ3) is 2.36. The maximum Gasteiger partial charge on any atom is 0.309 e. The van der Waals surface area contributed by atoms with Crippen molar-refractivity contribution >= 4 is 5.97 Å². The summed E-state index contributed by atoms with van der Waals surface area (Å²) >= 11 is 0. The fraction of sp³-hybridized carbons (Fsp3) is 0.231. The van der Waals surface area contributed by atoms with E-state index in [-0.39, 0.29) is 6.42 Å². The van der Waals surface area contributed by atoms with E-state index >= 15 is 0 Å². The average Bonchev–Trinajstić information content (AvgIpc) is 2.61. The van der Waals surface area contributed by atoms with Crippen LogP contribution in [0, 0.1) is 6.92 Å². The van der Waals surface area contributed by atoms with Crippen LogP contribution in [0.25, 0.3) is 11.4 Å². The van der Waals surface area contributed by atoms with Gasteiger partial charge in [0.2, 0.25) is 0 Å². The van der Waals surface area contributed by atoms with E-state index in [9.17, 15) is 4.79 Å². The SMILES string of the molecule is Cc1ccc(-c2ncc(CC(=O)O)n2C)cc1. The molecule has 0 atom stereocenters. The zero-order valence-corrected chi connectivity index (χ0v) is 9.84. The Labute approximate surface area is 99.5 Å². The van der Waals surface area contributed by atoms with Gasteiger partial charge in [0.05, 0.1) is 6.42 Å². The Balaban J connectivity index is 2.37. The number of nitrogens with zero attached hydrogens (tertiary/aromatic N) is 2. The molecule has 0 radical (unpaired) electrons. The lowest BCUT2D eigenvalue weighted by atomic mass is 10.1. The first-order valence-corrected chi connectivity index (χ1v) is 5.37. The van der Waals surface area contributed by atoms with Crippen LogP contribution in [0.4, 0.5) is 0 Å². The minimum atomic E-state index is -0.844. The summed E-state index contributed by atoms with van der Waals surface area (Å²) < 4.78 is 1.82. The second-order valence-corrected chi connectivity index (χ2v) is 4.07. The molecule has 0 aliphatic heterocycles. The molecule has 1 aromatic heterocycles. The van der Waals surface area contributed by atoms with Gasteiger partial charge in [-0.25, -0.2) is 4.98 Å². The van der Waals surface area contributed by atoms with Crippen LogP contribution >= 0.6 is 0 Å². The number of hydrogen-bond acceptors (Lipinski definition) is 2. The number of aryl methyl sites for hydroxylation is 1. The van der Waals surface area contributed by atoms with Crippen LogP contribution in [0.3, 0.4) is 0 Å². The topological polar surface area (TPSA) is 55.1 Å². The van der Waals surface area contributed by atoms with Gasteiger partial charge < -0.3 is 9.67 Å². The van der Waals surface area contributed by atoms with Gasteiger partial charge in [0.15, 0.2) is 0 Å². The van der Waals surface area contributed by atoms with Crippen molar-refractivity contribution in [1.82, 2.24) is 9.55 Å². The highest BCUT2D eigenvalue weighted by Crippen LogP contribution is 2.19. The Morgan fingerprint density at radius 1 is 1.35 bits per heavy atom. The first kappa shape index (κ1) is 11.4. The molecule has 2 rings (SSSR count). The van der Waals surface area contributed by atoms with Crippen molar-refractivity contribution in [3.05, 3.63) is 41.7 Å². The van der Waals surface area contributed by atoms with E-state index in [0.717, 1.165) is 11.4 Å². The van der Waals surface area contributed by atoms with E-state index in [0.29, 0.717) is 5.69 Å². The molecule has 1 aromatic carbocycles. The smallest absolute Gasteiger partial charge is 0.309 e. The summed E-state index contributed by atoms with van der Waals surface area (Å²) in [6.45, 7) is 2.03. The number of benzene rings is 1. The molecule has 0 aliphatic rings. The Morgan fingerprint density at radius 2 is 2.00 bits per heavy atom. The average molecular weight is 230 g/mol. The third-order valence-corrected chi connectivity index (χ3v) is 2.73. The van der Waals surface area contributed by atoms with Gasteiger partial charge in [0.1, 0.15) is 5.82 Å². The number of rotatable bonds is 3. The maximum absolute atomic E-state index is 10.7. The number of aromatic nitrogens is 2. The van der Waals surface area contributed by atoms with E-state index in [1.165, 1.54) is 5.56 Å². The first-order chi connectivity index (χ1) is 8.08. The van der Waals surface area contributed by atoms with Crippen molar-refractivity contribution in [2.24, 2.45) is 7.05 Å². The highest BCUT2D eigenvalue weighted by atomic mass is 16.4. The highest BCUT2D eigenvalue weighted by molar-refractivity contribution is 5.70. The molecule has 4 nitrogen and oxygen atoms in total. The first-order valence-electron chi connectivity index (χ1n) is 5.37. The minimum Gasteiger partial charge on any atom is -0.481 e. The predicted molar refractivity (Wildman–Crippen MR) is 64.7 cm³/mol. The molecular formula is C13H14N2O2. The van der Waals surface area contributed by atoms with Crippen molar-refractivity contribution in [2.75, 3.05) is 0 Å². The predicted octanol–water partition coefficient (Wildman–Crippen LogP) is 2.02. The van der Waals surface area contributed by atoms with Gasteiger partial charge in [-0.2, -0.15) is 0 Å². The molecule has 0 unspecified atom stereocenters. The summed E-state index contributed by atoms with van der Waals surface area (Å²) in [5, 5.41) is 8.77. The van der Waals surface area contributed by atoms with Gasteiger partial charge in [-0.05, 0) is 6.92 Å². The molecule has 0 saturated heterocycles. The number of carbonyl (C=O) groups is 1. The fourth-order valence-corrected chi connectivity index (χ4v) is 1.73. The lowest BCUT2D eigenvalue weighted by Gasteiger charge is -2.04. The van der Waals surface area contributed by atoms with Crippen molar-refractivity contribution in [3.8, 4) is 11.4 Å². The standard InChI is InChI=1S/C13H14N2O2/c1-9-3-5-10(6-4-9)13-14-8-11(15(13)2)7-12(16)17/h3-6,8H,7H2,1-2H3,(H,16,17). The van der Waals surface area contributed by atoms with E-state index < -0.39 is 5.97 Å². The zero-order valence-electron chi connectivity index (χ0n) is 9.84. The minimum absolute atomic E-state index is 0.00460. The van der Waals surface area contributed by atoms with E-state index in [4.69, 9.17) is 5.11 Å². The van der Waals surface area contributed by atoms with Crippen LogP contribution < -0.4 is 0 Å². The summed E-state index contributed by atoms with van der Waals surface area (Å²) in [6.07, 6.45) is 1.61. The van der Waals surface area contributed by atoms with Crippen LogP contribution in [-0.4, -0.2) is 20.6 Å². The molecular weight excluding hydrogens is 216 g/mol. The zero-order chi connectivity index (χ0) is 12.4. The van der Waals surface area contributed by atoms with E-state index in [1.807, 2.05) is 42.8 Å². The van der Waals surface area contributed by atoms with Crippen LogP contribution in [0.1, 0.15) is 11.3 Å². The number of carboxylic acids is 1. The van der Waals surface area contributed by atoms with Gasteiger partial charge in [0.25, 0.3) is 0 Å². The normalized spacial score (nSPS) is 10.5. The fourth-order valence-electron chi connectivity index (χ4n) is 1.73. The van der Waals surface area contributed by atoms with Gasteiger partial charge in [-0.1, -0.05) is 29.8 Å². The van der Waals surface area contributed by atoms with E-state index in [2.05, 4.69) is 4.98 Å². The molecule has 2 aromatic rings. The Morgan fingerprint density at radius 3 is 2.59 bits per heavy atom. The molecule has 4 heteroatoms. The highest BCUT2D eigenvalue weighted by Gasteiger charge is 2.10. The summed E-state index contributed by atoms with van der Waals surface area (Å²) in [5.41, 5.74) is 2.89. The summed E-state index contributed by atoms with van der Waals surface area (Å²) in [6, 6.07) is 8.01. The van der Waals surface area contributed by atoms with Gasteiger partial charge in [-0.3, -0.25) is 4.79 Å². The lowest BCUT2D eigenvalue weighted by molar-refractivity contribution is -0.136. The van der Waals surface area contributed by atoms with Crippen LogP contribution in [-0.2, 0) is 18.3 Å². The van der Waals surface area contributed by atoms with E-state index in [1.54, 1.807) is 6.20 Å². The summed E-state index contributed by atoms with van der Waals surface area (Å²) in [7, 11) is 1.83. The summed E-state index contributed by atoms with van der Waals surface area (Å²) in [4.78, 5) is 14.9. The van der Waals surface area contributed by atoms with Crippen molar-refractivity contribution < 1.29 is 9.90 Å². The number of hydrogen-bond donors (Lipinski definition) is 1. The molecule has 0 bridgehead atoms. The molecule has 17 heavy (non-hydrogen) atoms. The van der Waals surface area contributed by atoms with Crippen molar-refractivity contribution in [2.45, 2.75) is 13.3 Å². The molecule has 0 amide bonds. The quantitative estimate of drug-likeness (QED) is 0.877.